The van der Waals surface area contributed by atoms with Crippen LogP contribution in [0.4, 0.5) is 5.69 Å². The van der Waals surface area contributed by atoms with Crippen molar-refractivity contribution < 1.29 is 9.59 Å². The van der Waals surface area contributed by atoms with E-state index in [0.29, 0.717) is 6.54 Å². The number of fused-ring (bicyclic) bond motifs is 1. The summed E-state index contributed by atoms with van der Waals surface area (Å²) >= 11 is 0. The molecule has 2 aromatic rings. The van der Waals surface area contributed by atoms with E-state index in [-0.39, 0.29) is 30.2 Å². The Morgan fingerprint density at radius 3 is 2.92 bits per heavy atom. The molecular formula is C21H23N3O2. The quantitative estimate of drug-likeness (QED) is 0.923. The van der Waals surface area contributed by atoms with Crippen molar-refractivity contribution in [2.45, 2.75) is 38.6 Å². The minimum absolute atomic E-state index is 0.0251. The molecule has 26 heavy (non-hydrogen) atoms. The molecule has 1 aromatic heterocycles. The fourth-order valence-electron chi connectivity index (χ4n) is 3.91. The molecule has 1 aromatic carbocycles. The summed E-state index contributed by atoms with van der Waals surface area (Å²) in [5.41, 5.74) is 4.61. The summed E-state index contributed by atoms with van der Waals surface area (Å²) < 4.78 is 0. The first-order valence-electron chi connectivity index (χ1n) is 9.24. The lowest BCUT2D eigenvalue weighted by atomic mass is 10.1. The van der Waals surface area contributed by atoms with Crippen LogP contribution < -0.4 is 10.2 Å². The second-order valence-corrected chi connectivity index (χ2v) is 7.23. The van der Waals surface area contributed by atoms with Gasteiger partial charge in [0.05, 0.1) is 12.0 Å². The number of hydrogen-bond donors (Lipinski definition) is 1. The molecule has 0 radical (unpaired) electrons. The van der Waals surface area contributed by atoms with Crippen LogP contribution >= 0.6 is 0 Å². The highest BCUT2D eigenvalue weighted by molar-refractivity contribution is 6.00. The number of nitrogens with one attached hydrogen (secondary N) is 1. The molecule has 0 bridgehead atoms. The van der Waals surface area contributed by atoms with Crippen LogP contribution in [0.1, 0.15) is 42.5 Å². The van der Waals surface area contributed by atoms with E-state index < -0.39 is 0 Å². The number of carbonyl (C=O) groups is 2. The van der Waals surface area contributed by atoms with Gasteiger partial charge in [0, 0.05) is 31.0 Å². The summed E-state index contributed by atoms with van der Waals surface area (Å²) in [6, 6.07) is 9.93. The summed E-state index contributed by atoms with van der Waals surface area (Å²) in [5.74, 6) is -0.356. The van der Waals surface area contributed by atoms with Gasteiger partial charge in [0.25, 0.3) is 0 Å². The average Bonchev–Trinajstić information content (AvgIpc) is 3.28. The van der Waals surface area contributed by atoms with Crippen LogP contribution in [0, 0.1) is 5.92 Å². The highest BCUT2D eigenvalue weighted by Crippen LogP contribution is 2.30. The van der Waals surface area contributed by atoms with E-state index in [1.165, 1.54) is 17.5 Å². The monoisotopic (exact) mass is 349 g/mol. The summed E-state index contributed by atoms with van der Waals surface area (Å²) in [5, 5.41) is 3.01. The van der Waals surface area contributed by atoms with Crippen LogP contribution in [0.15, 0.2) is 42.7 Å². The molecule has 1 fully saturated rings. The summed E-state index contributed by atoms with van der Waals surface area (Å²) in [6.07, 6.45) is 7.12. The molecule has 5 heteroatoms. The Morgan fingerprint density at radius 2 is 2.12 bits per heavy atom. The predicted octanol–water partition coefficient (Wildman–Crippen LogP) is 2.80. The Morgan fingerprint density at radius 1 is 1.27 bits per heavy atom. The predicted molar refractivity (Wildman–Crippen MR) is 99.7 cm³/mol. The van der Waals surface area contributed by atoms with E-state index >= 15 is 0 Å². The number of nitrogens with zero attached hydrogens (tertiary/aromatic N) is 2. The maximum Gasteiger partial charge on any atom is 0.227 e. The fourth-order valence-corrected chi connectivity index (χ4v) is 3.91. The number of anilines is 1. The molecule has 2 heterocycles. The standard InChI is InChI=1S/C21H23N3O2/c1-14(17-6-3-9-22-12-17)23-21(26)18-11-20(25)24(13-18)19-8-7-15-4-2-5-16(15)10-19/h3,6-10,12,14,18H,2,4-5,11,13H2,1H3,(H,23,26)/t14-,18-/m1/s1. The zero-order valence-electron chi connectivity index (χ0n) is 14.9. The minimum Gasteiger partial charge on any atom is -0.349 e. The molecule has 1 aliphatic carbocycles. The molecule has 0 saturated carbocycles. The zero-order valence-corrected chi connectivity index (χ0v) is 14.9. The second-order valence-electron chi connectivity index (χ2n) is 7.23. The van der Waals surface area contributed by atoms with Crippen molar-refractivity contribution in [3.05, 3.63) is 59.4 Å². The summed E-state index contributed by atoms with van der Waals surface area (Å²) in [4.78, 5) is 31.0. The summed E-state index contributed by atoms with van der Waals surface area (Å²) in [7, 11) is 0. The van der Waals surface area contributed by atoms with Gasteiger partial charge in [-0.15, -0.1) is 0 Å². The number of aromatic nitrogens is 1. The highest BCUT2D eigenvalue weighted by Gasteiger charge is 2.35. The molecule has 1 saturated heterocycles. The zero-order chi connectivity index (χ0) is 18.1. The van der Waals surface area contributed by atoms with E-state index in [2.05, 4.69) is 22.4 Å². The summed E-state index contributed by atoms with van der Waals surface area (Å²) in [6.45, 7) is 2.38. The average molecular weight is 349 g/mol. The van der Waals surface area contributed by atoms with Gasteiger partial charge in [0.15, 0.2) is 0 Å². The van der Waals surface area contributed by atoms with E-state index in [9.17, 15) is 9.59 Å². The third-order valence-corrected chi connectivity index (χ3v) is 5.43. The molecule has 0 spiro atoms. The number of rotatable bonds is 4. The number of hydrogen-bond acceptors (Lipinski definition) is 3. The van der Waals surface area contributed by atoms with Crippen LogP contribution in [0.3, 0.4) is 0 Å². The molecule has 1 N–H and O–H groups in total. The normalized spacial score (nSPS) is 20.1. The Balaban J connectivity index is 1.43. The lowest BCUT2D eigenvalue weighted by Gasteiger charge is -2.19. The van der Waals surface area contributed by atoms with Crippen molar-refractivity contribution >= 4 is 17.5 Å². The van der Waals surface area contributed by atoms with Crippen LogP contribution in [0.5, 0.6) is 0 Å². The SMILES string of the molecule is C[C@@H](NC(=O)[C@@H]1CC(=O)N(c2ccc3c(c2)CCC3)C1)c1cccnc1. The first-order chi connectivity index (χ1) is 12.6. The Labute approximate surface area is 153 Å². The van der Waals surface area contributed by atoms with E-state index in [1.807, 2.05) is 25.1 Å². The first-order valence-corrected chi connectivity index (χ1v) is 9.24. The highest BCUT2D eigenvalue weighted by atomic mass is 16.2. The molecule has 134 valence electrons. The van der Waals surface area contributed by atoms with Crippen LogP contribution in [-0.4, -0.2) is 23.3 Å². The third kappa shape index (κ3) is 3.21. The molecule has 4 rings (SSSR count). The largest absolute Gasteiger partial charge is 0.349 e. The Hall–Kier alpha value is -2.69. The molecule has 2 amide bonds. The van der Waals surface area contributed by atoms with Gasteiger partial charge in [0.2, 0.25) is 11.8 Å². The van der Waals surface area contributed by atoms with E-state index in [1.54, 1.807) is 17.3 Å². The number of aryl methyl sites for hydroxylation is 2. The number of benzene rings is 1. The topological polar surface area (TPSA) is 62.3 Å². The van der Waals surface area contributed by atoms with Crippen molar-refractivity contribution in [3.63, 3.8) is 0 Å². The number of pyridine rings is 1. The third-order valence-electron chi connectivity index (χ3n) is 5.43. The van der Waals surface area contributed by atoms with Crippen LogP contribution in [-0.2, 0) is 22.4 Å². The molecule has 1 aliphatic heterocycles. The van der Waals surface area contributed by atoms with Gasteiger partial charge in [-0.25, -0.2) is 0 Å². The maximum absolute atomic E-state index is 12.6. The van der Waals surface area contributed by atoms with E-state index in [0.717, 1.165) is 24.1 Å². The molecule has 0 unspecified atom stereocenters. The minimum atomic E-state index is -0.310. The smallest absolute Gasteiger partial charge is 0.227 e. The van der Waals surface area contributed by atoms with Crippen molar-refractivity contribution in [2.24, 2.45) is 5.92 Å². The molecule has 2 aliphatic rings. The van der Waals surface area contributed by atoms with Gasteiger partial charge in [-0.2, -0.15) is 0 Å². The lowest BCUT2D eigenvalue weighted by Crippen LogP contribution is -2.34. The van der Waals surface area contributed by atoms with Gasteiger partial charge in [-0.1, -0.05) is 12.1 Å². The fraction of sp³-hybridized carbons (Fsp3) is 0.381. The first kappa shape index (κ1) is 16.8. The Bertz CT molecular complexity index is 834. The van der Waals surface area contributed by atoms with Gasteiger partial charge in [0.1, 0.15) is 0 Å². The van der Waals surface area contributed by atoms with Gasteiger partial charge in [-0.05, 0) is 61.1 Å². The molecule has 2 atom stereocenters. The van der Waals surface area contributed by atoms with Gasteiger partial charge < -0.3 is 10.2 Å². The van der Waals surface area contributed by atoms with Gasteiger partial charge >= 0.3 is 0 Å². The van der Waals surface area contributed by atoms with Gasteiger partial charge in [-0.3, -0.25) is 14.6 Å². The van der Waals surface area contributed by atoms with E-state index in [4.69, 9.17) is 0 Å². The molecule has 5 nitrogen and oxygen atoms in total. The second kappa shape index (κ2) is 6.90. The lowest BCUT2D eigenvalue weighted by molar-refractivity contribution is -0.126. The molecular weight excluding hydrogens is 326 g/mol. The van der Waals surface area contributed by atoms with Crippen LogP contribution in [0.25, 0.3) is 0 Å². The van der Waals surface area contributed by atoms with Crippen molar-refractivity contribution in [2.75, 3.05) is 11.4 Å². The van der Waals surface area contributed by atoms with Crippen molar-refractivity contribution in [1.29, 1.82) is 0 Å². The number of amides is 2. The van der Waals surface area contributed by atoms with Crippen molar-refractivity contribution in [1.82, 2.24) is 10.3 Å². The number of carbonyl (C=O) groups excluding carboxylic acids is 2. The van der Waals surface area contributed by atoms with Crippen molar-refractivity contribution in [3.8, 4) is 0 Å². The maximum atomic E-state index is 12.6. The van der Waals surface area contributed by atoms with Crippen LogP contribution in [0.2, 0.25) is 0 Å². The Kier molecular flexibility index (Phi) is 4.45.